The van der Waals surface area contributed by atoms with E-state index in [2.05, 4.69) is 15.3 Å². The van der Waals surface area contributed by atoms with Crippen molar-refractivity contribution < 1.29 is 9.53 Å². The fraction of sp³-hybridized carbons (Fsp3) is 0.235. The number of nitrogens with one attached hydrogen (secondary N) is 1. The SMILES string of the molecule is COc1cc(CNC(=O)N(C)Cc2nc3ccccc3s2)ccn1. The fourth-order valence-corrected chi connectivity index (χ4v) is 3.27. The Hall–Kier alpha value is -2.67. The summed E-state index contributed by atoms with van der Waals surface area (Å²) in [5, 5.41) is 3.80. The Morgan fingerprint density at radius 2 is 2.17 bits per heavy atom. The highest BCUT2D eigenvalue weighted by atomic mass is 32.1. The Labute approximate surface area is 144 Å². The zero-order chi connectivity index (χ0) is 16.9. The largest absolute Gasteiger partial charge is 0.481 e. The first-order valence-corrected chi connectivity index (χ1v) is 8.29. The van der Waals surface area contributed by atoms with Crippen LogP contribution >= 0.6 is 11.3 Å². The quantitative estimate of drug-likeness (QED) is 0.774. The molecule has 124 valence electrons. The summed E-state index contributed by atoms with van der Waals surface area (Å²) in [6.07, 6.45) is 1.66. The van der Waals surface area contributed by atoms with Crippen molar-refractivity contribution in [2.45, 2.75) is 13.1 Å². The molecule has 0 bridgehead atoms. The number of carbonyl (C=O) groups excluding carboxylic acids is 1. The zero-order valence-corrected chi connectivity index (χ0v) is 14.3. The molecule has 0 radical (unpaired) electrons. The molecule has 2 aromatic heterocycles. The van der Waals surface area contributed by atoms with Crippen molar-refractivity contribution >= 4 is 27.6 Å². The van der Waals surface area contributed by atoms with E-state index in [1.165, 1.54) is 0 Å². The Bertz CT molecular complexity index is 816. The maximum Gasteiger partial charge on any atom is 0.317 e. The van der Waals surface area contributed by atoms with Gasteiger partial charge in [0.05, 0.1) is 23.9 Å². The lowest BCUT2D eigenvalue weighted by atomic mass is 10.2. The maximum absolute atomic E-state index is 12.2. The average Bonchev–Trinajstić information content (AvgIpc) is 3.02. The van der Waals surface area contributed by atoms with E-state index in [1.54, 1.807) is 42.7 Å². The number of ether oxygens (including phenoxy) is 1. The lowest BCUT2D eigenvalue weighted by Crippen LogP contribution is -2.36. The summed E-state index contributed by atoms with van der Waals surface area (Å²) in [7, 11) is 3.32. The number of pyridine rings is 1. The predicted molar refractivity (Wildman–Crippen MR) is 94.1 cm³/mol. The first kappa shape index (κ1) is 16.2. The van der Waals surface area contributed by atoms with Crippen molar-refractivity contribution in [2.24, 2.45) is 0 Å². The number of methoxy groups -OCH3 is 1. The van der Waals surface area contributed by atoms with Crippen LogP contribution in [0.1, 0.15) is 10.6 Å². The summed E-state index contributed by atoms with van der Waals surface area (Å²) >= 11 is 1.60. The lowest BCUT2D eigenvalue weighted by Gasteiger charge is -2.16. The van der Waals surface area contributed by atoms with Gasteiger partial charge in [0.25, 0.3) is 0 Å². The molecule has 0 aliphatic rings. The molecular formula is C17H18N4O2S. The number of hydrogen-bond donors (Lipinski definition) is 1. The van der Waals surface area contributed by atoms with E-state index in [4.69, 9.17) is 4.74 Å². The summed E-state index contributed by atoms with van der Waals surface area (Å²) in [6.45, 7) is 0.896. The highest BCUT2D eigenvalue weighted by molar-refractivity contribution is 7.18. The number of amides is 2. The van der Waals surface area contributed by atoms with Crippen molar-refractivity contribution in [1.82, 2.24) is 20.2 Å². The van der Waals surface area contributed by atoms with Crippen LogP contribution in [0.15, 0.2) is 42.6 Å². The molecule has 24 heavy (non-hydrogen) atoms. The third-order valence-corrected chi connectivity index (χ3v) is 4.53. The van der Waals surface area contributed by atoms with Gasteiger partial charge in [0.15, 0.2) is 0 Å². The van der Waals surface area contributed by atoms with Gasteiger partial charge in [-0.3, -0.25) is 0 Å². The first-order valence-electron chi connectivity index (χ1n) is 7.48. The molecule has 1 aromatic carbocycles. The molecule has 2 heterocycles. The van der Waals surface area contributed by atoms with Crippen LogP contribution in [0.25, 0.3) is 10.2 Å². The summed E-state index contributed by atoms with van der Waals surface area (Å²) in [5.74, 6) is 0.532. The van der Waals surface area contributed by atoms with E-state index in [0.29, 0.717) is 19.0 Å². The summed E-state index contributed by atoms with van der Waals surface area (Å²) in [5.41, 5.74) is 1.90. The van der Waals surface area contributed by atoms with Crippen molar-refractivity contribution in [3.8, 4) is 5.88 Å². The minimum atomic E-state index is -0.148. The second-order valence-electron chi connectivity index (χ2n) is 5.30. The molecule has 0 spiro atoms. The van der Waals surface area contributed by atoms with Crippen molar-refractivity contribution in [1.29, 1.82) is 0 Å². The van der Waals surface area contributed by atoms with Crippen molar-refractivity contribution in [3.05, 3.63) is 53.2 Å². The molecule has 0 unspecified atom stereocenters. The van der Waals surface area contributed by atoms with E-state index in [0.717, 1.165) is 20.8 Å². The number of benzene rings is 1. The number of urea groups is 1. The highest BCUT2D eigenvalue weighted by Crippen LogP contribution is 2.22. The van der Waals surface area contributed by atoms with Gasteiger partial charge in [-0.15, -0.1) is 11.3 Å². The Morgan fingerprint density at radius 1 is 1.33 bits per heavy atom. The second kappa shape index (κ2) is 7.27. The van der Waals surface area contributed by atoms with Gasteiger partial charge >= 0.3 is 6.03 Å². The van der Waals surface area contributed by atoms with Crippen LogP contribution in [-0.2, 0) is 13.1 Å². The minimum Gasteiger partial charge on any atom is -0.481 e. The zero-order valence-electron chi connectivity index (χ0n) is 13.5. The summed E-state index contributed by atoms with van der Waals surface area (Å²) < 4.78 is 6.21. The number of nitrogens with zero attached hydrogens (tertiary/aromatic N) is 3. The lowest BCUT2D eigenvalue weighted by molar-refractivity contribution is 0.206. The molecule has 0 fully saturated rings. The fourth-order valence-electron chi connectivity index (χ4n) is 2.25. The smallest absolute Gasteiger partial charge is 0.317 e. The van der Waals surface area contributed by atoms with Crippen molar-refractivity contribution in [3.63, 3.8) is 0 Å². The van der Waals surface area contributed by atoms with E-state index in [1.807, 2.05) is 30.3 Å². The molecule has 3 rings (SSSR count). The Balaban J connectivity index is 1.58. The van der Waals surface area contributed by atoms with Gasteiger partial charge in [0.2, 0.25) is 5.88 Å². The molecule has 7 heteroatoms. The Kier molecular flexibility index (Phi) is 4.90. The standard InChI is InChI=1S/C17H18N4O2S/c1-21(11-16-20-13-5-3-4-6-14(13)24-16)17(22)19-10-12-7-8-18-15(9-12)23-2/h3-9H,10-11H2,1-2H3,(H,19,22). The second-order valence-corrected chi connectivity index (χ2v) is 6.41. The molecule has 1 N–H and O–H groups in total. The van der Waals surface area contributed by atoms with Crippen LogP contribution in [-0.4, -0.2) is 35.1 Å². The molecule has 0 atom stereocenters. The minimum absolute atomic E-state index is 0.148. The van der Waals surface area contributed by atoms with Crippen LogP contribution < -0.4 is 10.1 Å². The normalized spacial score (nSPS) is 10.6. The number of fused-ring (bicyclic) bond motifs is 1. The number of aromatic nitrogens is 2. The first-order chi connectivity index (χ1) is 11.7. The van der Waals surface area contributed by atoms with E-state index >= 15 is 0 Å². The Morgan fingerprint density at radius 3 is 2.96 bits per heavy atom. The maximum atomic E-state index is 12.2. The molecule has 0 aliphatic carbocycles. The molecule has 2 amide bonds. The summed E-state index contributed by atoms with van der Waals surface area (Å²) in [6, 6.07) is 11.5. The number of hydrogen-bond acceptors (Lipinski definition) is 5. The number of thiazole rings is 1. The number of rotatable bonds is 5. The topological polar surface area (TPSA) is 67.3 Å². The molecule has 0 saturated heterocycles. The van der Waals surface area contributed by atoms with Gasteiger partial charge in [0.1, 0.15) is 5.01 Å². The van der Waals surface area contributed by atoms with Gasteiger partial charge in [-0.25, -0.2) is 14.8 Å². The third kappa shape index (κ3) is 3.80. The number of carbonyl (C=O) groups is 1. The predicted octanol–water partition coefficient (Wildman–Crippen LogP) is 3.04. The van der Waals surface area contributed by atoms with Crippen LogP contribution in [0.2, 0.25) is 0 Å². The van der Waals surface area contributed by atoms with Gasteiger partial charge < -0.3 is 15.0 Å². The van der Waals surface area contributed by atoms with Gasteiger partial charge in [-0.1, -0.05) is 12.1 Å². The molecule has 0 aliphatic heterocycles. The van der Waals surface area contributed by atoms with Gasteiger partial charge in [0, 0.05) is 25.9 Å². The van der Waals surface area contributed by atoms with Crippen LogP contribution in [0.3, 0.4) is 0 Å². The molecular weight excluding hydrogens is 324 g/mol. The monoisotopic (exact) mass is 342 g/mol. The number of para-hydroxylation sites is 1. The van der Waals surface area contributed by atoms with Gasteiger partial charge in [-0.2, -0.15) is 0 Å². The van der Waals surface area contributed by atoms with Crippen LogP contribution in [0.4, 0.5) is 4.79 Å². The molecule has 0 saturated carbocycles. The average molecular weight is 342 g/mol. The van der Waals surface area contributed by atoms with Crippen LogP contribution in [0, 0.1) is 0 Å². The third-order valence-electron chi connectivity index (χ3n) is 3.51. The van der Waals surface area contributed by atoms with Crippen LogP contribution in [0.5, 0.6) is 5.88 Å². The van der Waals surface area contributed by atoms with E-state index in [9.17, 15) is 4.79 Å². The molecule has 3 aromatic rings. The highest BCUT2D eigenvalue weighted by Gasteiger charge is 2.12. The van der Waals surface area contributed by atoms with Gasteiger partial charge in [-0.05, 0) is 23.8 Å². The van der Waals surface area contributed by atoms with E-state index in [-0.39, 0.29) is 6.03 Å². The summed E-state index contributed by atoms with van der Waals surface area (Å²) in [4.78, 5) is 22.4. The molecule has 6 nitrogen and oxygen atoms in total. The van der Waals surface area contributed by atoms with E-state index < -0.39 is 0 Å². The van der Waals surface area contributed by atoms with Crippen molar-refractivity contribution in [2.75, 3.05) is 14.2 Å².